The largest absolute Gasteiger partial charge is 0.331 e. The molecule has 0 saturated carbocycles. The van der Waals surface area contributed by atoms with Crippen molar-refractivity contribution in [2.24, 2.45) is 0 Å². The molecule has 0 aliphatic carbocycles. The average Bonchev–Trinajstić information content (AvgIpc) is 3.22. The van der Waals surface area contributed by atoms with Gasteiger partial charge in [0.05, 0.1) is 12.6 Å². The predicted octanol–water partition coefficient (Wildman–Crippen LogP) is 2.30. The van der Waals surface area contributed by atoms with Gasteiger partial charge in [0.25, 0.3) is 0 Å². The zero-order valence-corrected chi connectivity index (χ0v) is 14.3. The number of pyridine rings is 1. The van der Waals surface area contributed by atoms with Gasteiger partial charge in [0, 0.05) is 31.9 Å². The Hall–Kier alpha value is -2.44. The number of hydrogen-bond acceptors (Lipinski definition) is 4. The van der Waals surface area contributed by atoms with E-state index in [-0.39, 0.29) is 12.1 Å². The Labute approximate surface area is 142 Å². The first kappa shape index (κ1) is 16.4. The summed E-state index contributed by atoms with van der Waals surface area (Å²) in [5.74, 6) is 1.86. The van der Waals surface area contributed by atoms with Crippen molar-refractivity contribution in [3.63, 3.8) is 0 Å². The van der Waals surface area contributed by atoms with E-state index in [0.717, 1.165) is 43.0 Å². The van der Waals surface area contributed by atoms with Crippen LogP contribution in [0.15, 0.2) is 24.5 Å². The minimum Gasteiger partial charge on any atom is -0.331 e. The van der Waals surface area contributed by atoms with E-state index in [2.05, 4.69) is 32.0 Å². The number of aromatic nitrogens is 4. The van der Waals surface area contributed by atoms with E-state index in [1.165, 1.54) is 0 Å². The summed E-state index contributed by atoms with van der Waals surface area (Å²) in [6.07, 6.45) is 6.47. The second-order valence-electron chi connectivity index (χ2n) is 5.94. The molecule has 1 aliphatic heterocycles. The Morgan fingerprint density at radius 2 is 2.12 bits per heavy atom. The molecule has 1 N–H and O–H groups in total. The fourth-order valence-corrected chi connectivity index (χ4v) is 3.32. The second kappa shape index (κ2) is 7.42. The highest BCUT2D eigenvalue weighted by Crippen LogP contribution is 2.23. The SMILES string of the molecule is CCC(c1ccncc1)N(CC)C(=O)NCc1nnc2n1CCC2. The lowest BCUT2D eigenvalue weighted by Gasteiger charge is -2.30. The summed E-state index contributed by atoms with van der Waals surface area (Å²) in [5, 5.41) is 11.4. The van der Waals surface area contributed by atoms with Crippen LogP contribution in [-0.4, -0.2) is 37.2 Å². The number of carbonyl (C=O) groups is 1. The van der Waals surface area contributed by atoms with E-state index in [4.69, 9.17) is 0 Å². The summed E-state index contributed by atoms with van der Waals surface area (Å²) < 4.78 is 2.11. The lowest BCUT2D eigenvalue weighted by atomic mass is 10.0. The summed E-state index contributed by atoms with van der Waals surface area (Å²) in [4.78, 5) is 18.6. The molecule has 128 valence electrons. The summed E-state index contributed by atoms with van der Waals surface area (Å²) >= 11 is 0. The first-order valence-electron chi connectivity index (χ1n) is 8.60. The zero-order valence-electron chi connectivity index (χ0n) is 14.3. The molecule has 1 aliphatic rings. The highest BCUT2D eigenvalue weighted by molar-refractivity contribution is 5.74. The smallest absolute Gasteiger partial charge is 0.318 e. The molecular weight excluding hydrogens is 304 g/mol. The Morgan fingerprint density at radius 3 is 2.83 bits per heavy atom. The standard InChI is InChI=1S/C17H24N6O/c1-3-14(13-7-9-18-10-8-13)22(4-2)17(24)19-12-16-21-20-15-6-5-11-23(15)16/h7-10,14H,3-6,11-12H2,1-2H3,(H,19,24). The van der Waals surface area contributed by atoms with Gasteiger partial charge in [-0.15, -0.1) is 10.2 Å². The van der Waals surface area contributed by atoms with E-state index in [1.807, 2.05) is 24.0 Å². The third kappa shape index (κ3) is 3.25. The van der Waals surface area contributed by atoms with Gasteiger partial charge in [-0.25, -0.2) is 4.79 Å². The maximum absolute atomic E-state index is 12.7. The summed E-state index contributed by atoms with van der Waals surface area (Å²) in [6.45, 7) is 6.09. The molecule has 0 bridgehead atoms. The minimum atomic E-state index is -0.0727. The molecule has 2 aromatic heterocycles. The number of aryl methyl sites for hydroxylation is 1. The van der Waals surface area contributed by atoms with Crippen LogP contribution in [0.25, 0.3) is 0 Å². The maximum Gasteiger partial charge on any atom is 0.318 e. The number of urea groups is 1. The molecule has 2 amide bonds. The average molecular weight is 328 g/mol. The van der Waals surface area contributed by atoms with Crippen molar-refractivity contribution in [1.29, 1.82) is 0 Å². The second-order valence-corrected chi connectivity index (χ2v) is 5.94. The van der Waals surface area contributed by atoms with Crippen LogP contribution in [-0.2, 0) is 19.5 Å². The van der Waals surface area contributed by atoms with Crippen LogP contribution in [0.2, 0.25) is 0 Å². The maximum atomic E-state index is 12.7. The van der Waals surface area contributed by atoms with Gasteiger partial charge >= 0.3 is 6.03 Å². The number of nitrogens with zero attached hydrogens (tertiary/aromatic N) is 5. The van der Waals surface area contributed by atoms with E-state index in [1.54, 1.807) is 12.4 Å². The topological polar surface area (TPSA) is 75.9 Å². The summed E-state index contributed by atoms with van der Waals surface area (Å²) in [6, 6.07) is 3.91. The van der Waals surface area contributed by atoms with Crippen LogP contribution >= 0.6 is 0 Å². The number of rotatable bonds is 6. The molecule has 24 heavy (non-hydrogen) atoms. The van der Waals surface area contributed by atoms with Crippen molar-refractivity contribution in [1.82, 2.24) is 30.0 Å². The molecule has 7 heteroatoms. The van der Waals surface area contributed by atoms with Crippen molar-refractivity contribution >= 4 is 6.03 Å². The molecule has 0 spiro atoms. The summed E-state index contributed by atoms with van der Waals surface area (Å²) in [7, 11) is 0. The highest BCUT2D eigenvalue weighted by Gasteiger charge is 2.23. The molecule has 3 rings (SSSR count). The van der Waals surface area contributed by atoms with Gasteiger partial charge in [0.2, 0.25) is 0 Å². The van der Waals surface area contributed by atoms with Gasteiger partial charge in [-0.2, -0.15) is 0 Å². The van der Waals surface area contributed by atoms with Crippen LogP contribution in [0.5, 0.6) is 0 Å². The number of amides is 2. The number of hydrogen-bond donors (Lipinski definition) is 1. The Morgan fingerprint density at radius 1 is 1.33 bits per heavy atom. The van der Waals surface area contributed by atoms with Crippen molar-refractivity contribution in [3.05, 3.63) is 41.7 Å². The number of nitrogens with one attached hydrogen (secondary N) is 1. The molecule has 1 unspecified atom stereocenters. The van der Waals surface area contributed by atoms with Crippen molar-refractivity contribution in [2.45, 2.75) is 52.2 Å². The summed E-state index contributed by atoms with van der Waals surface area (Å²) in [5.41, 5.74) is 1.10. The fraction of sp³-hybridized carbons (Fsp3) is 0.529. The molecule has 3 heterocycles. The molecule has 7 nitrogen and oxygen atoms in total. The third-order valence-electron chi connectivity index (χ3n) is 4.54. The van der Waals surface area contributed by atoms with Crippen molar-refractivity contribution in [3.8, 4) is 0 Å². The number of fused-ring (bicyclic) bond motifs is 1. The van der Waals surface area contributed by atoms with Gasteiger partial charge in [-0.3, -0.25) is 4.98 Å². The molecule has 0 fully saturated rings. The quantitative estimate of drug-likeness (QED) is 0.883. The molecule has 2 aromatic rings. The Bertz CT molecular complexity index is 684. The van der Waals surface area contributed by atoms with Gasteiger partial charge in [0.1, 0.15) is 5.82 Å². The van der Waals surface area contributed by atoms with Gasteiger partial charge in [-0.05, 0) is 37.5 Å². The Balaban J connectivity index is 1.67. The van der Waals surface area contributed by atoms with E-state index >= 15 is 0 Å². The minimum absolute atomic E-state index is 0.0436. The third-order valence-corrected chi connectivity index (χ3v) is 4.54. The van der Waals surface area contributed by atoms with Gasteiger partial charge in [-0.1, -0.05) is 6.92 Å². The zero-order chi connectivity index (χ0) is 16.9. The molecule has 0 saturated heterocycles. The highest BCUT2D eigenvalue weighted by atomic mass is 16.2. The molecule has 1 atom stereocenters. The first-order chi connectivity index (χ1) is 11.7. The molecule has 0 radical (unpaired) electrons. The lowest BCUT2D eigenvalue weighted by molar-refractivity contribution is 0.175. The van der Waals surface area contributed by atoms with Crippen LogP contribution in [0.4, 0.5) is 4.79 Å². The first-order valence-corrected chi connectivity index (χ1v) is 8.60. The Kier molecular flexibility index (Phi) is 5.08. The molecule has 0 aromatic carbocycles. The molecular formula is C17H24N6O. The normalized spacial score (nSPS) is 14.2. The number of carbonyl (C=O) groups excluding carboxylic acids is 1. The van der Waals surface area contributed by atoms with Crippen molar-refractivity contribution < 1.29 is 4.79 Å². The van der Waals surface area contributed by atoms with Crippen LogP contribution in [0.1, 0.15) is 49.9 Å². The van der Waals surface area contributed by atoms with Gasteiger partial charge < -0.3 is 14.8 Å². The monoisotopic (exact) mass is 328 g/mol. The van der Waals surface area contributed by atoms with Crippen LogP contribution < -0.4 is 5.32 Å². The predicted molar refractivity (Wildman–Crippen MR) is 90.2 cm³/mol. The van der Waals surface area contributed by atoms with Crippen molar-refractivity contribution in [2.75, 3.05) is 6.54 Å². The van der Waals surface area contributed by atoms with E-state index in [0.29, 0.717) is 13.1 Å². The van der Waals surface area contributed by atoms with Crippen LogP contribution in [0, 0.1) is 0 Å². The van der Waals surface area contributed by atoms with E-state index in [9.17, 15) is 4.79 Å². The fourth-order valence-electron chi connectivity index (χ4n) is 3.32. The van der Waals surface area contributed by atoms with Crippen LogP contribution in [0.3, 0.4) is 0 Å². The van der Waals surface area contributed by atoms with Gasteiger partial charge in [0.15, 0.2) is 5.82 Å². The van der Waals surface area contributed by atoms with E-state index < -0.39 is 0 Å². The lowest BCUT2D eigenvalue weighted by Crippen LogP contribution is -2.42.